The van der Waals surface area contributed by atoms with Crippen LogP contribution in [-0.2, 0) is 10.2 Å². The van der Waals surface area contributed by atoms with Crippen LogP contribution in [0.25, 0.3) is 0 Å². The van der Waals surface area contributed by atoms with Gasteiger partial charge in [-0.2, -0.15) is 0 Å². The van der Waals surface area contributed by atoms with Crippen LogP contribution in [0.4, 0.5) is 11.4 Å². The minimum Gasteiger partial charge on any atom is -0.507 e. The molecule has 0 spiro atoms. The quantitative estimate of drug-likeness (QED) is 0.358. The highest BCUT2D eigenvalue weighted by molar-refractivity contribution is 6.17. The molecule has 1 unspecified atom stereocenters. The summed E-state index contributed by atoms with van der Waals surface area (Å²) in [5.41, 5.74) is 5.02. The third-order valence-electron chi connectivity index (χ3n) is 7.16. The smallest absolute Gasteiger partial charge is 0.251 e. The van der Waals surface area contributed by atoms with Crippen molar-refractivity contribution in [1.29, 1.82) is 0 Å². The molecule has 1 heterocycles. The van der Waals surface area contributed by atoms with E-state index >= 15 is 0 Å². The number of carbonyl (C=O) groups excluding carboxylic acids is 1. The van der Waals surface area contributed by atoms with E-state index in [-0.39, 0.29) is 17.4 Å². The van der Waals surface area contributed by atoms with Gasteiger partial charge in [0.2, 0.25) is 0 Å². The Balaban J connectivity index is 1.93. The van der Waals surface area contributed by atoms with Gasteiger partial charge in [-0.05, 0) is 68.1 Å². The summed E-state index contributed by atoms with van der Waals surface area (Å²) >= 11 is 0. The zero-order valence-corrected chi connectivity index (χ0v) is 21.1. The Kier molecular flexibility index (Phi) is 5.51. The Morgan fingerprint density at radius 1 is 0.750 bits per heavy atom. The van der Waals surface area contributed by atoms with Gasteiger partial charge in [0.25, 0.3) is 5.91 Å². The van der Waals surface area contributed by atoms with Crippen LogP contribution in [-0.4, -0.2) is 23.2 Å². The largest absolute Gasteiger partial charge is 0.507 e. The minimum atomic E-state index is -1.33. The van der Waals surface area contributed by atoms with Gasteiger partial charge in [0.05, 0.1) is 18.5 Å². The van der Waals surface area contributed by atoms with Gasteiger partial charge in [-0.3, -0.25) is 9.69 Å². The molecular formula is C31H29NO4. The topological polar surface area (TPSA) is 70.0 Å². The van der Waals surface area contributed by atoms with E-state index in [1.807, 2.05) is 100 Å². The maximum atomic E-state index is 14.9. The summed E-state index contributed by atoms with van der Waals surface area (Å²) in [4.78, 5) is 16.6. The van der Waals surface area contributed by atoms with Gasteiger partial charge in [0, 0.05) is 17.2 Å². The normalized spacial score (nSPS) is 16.8. The number of hydrogen-bond donors (Lipinski definition) is 2. The third-order valence-corrected chi connectivity index (χ3v) is 7.16. The lowest BCUT2D eigenvalue weighted by Crippen LogP contribution is -2.40. The second-order valence-corrected chi connectivity index (χ2v) is 9.55. The number of amides is 1. The molecule has 1 aliphatic rings. The van der Waals surface area contributed by atoms with Crippen LogP contribution in [0.3, 0.4) is 0 Å². The summed E-state index contributed by atoms with van der Waals surface area (Å²) in [7, 11) is 1.60. The van der Waals surface area contributed by atoms with Crippen LogP contribution in [0, 0.1) is 27.7 Å². The number of methoxy groups -OCH3 is 1. The van der Waals surface area contributed by atoms with Crippen molar-refractivity contribution in [3.63, 3.8) is 0 Å². The number of rotatable bonds is 4. The first-order valence-corrected chi connectivity index (χ1v) is 11.9. The van der Waals surface area contributed by atoms with Crippen LogP contribution < -0.4 is 9.64 Å². The van der Waals surface area contributed by atoms with E-state index in [0.717, 1.165) is 16.8 Å². The van der Waals surface area contributed by atoms with Gasteiger partial charge in [-0.1, -0.05) is 54.1 Å². The first-order chi connectivity index (χ1) is 17.2. The highest BCUT2D eigenvalue weighted by Crippen LogP contribution is 2.55. The fraction of sp³-hybridized carbons (Fsp3) is 0.194. The number of phenolic OH excluding ortho intramolecular Hbond substituents is 2. The molecule has 4 aromatic carbocycles. The van der Waals surface area contributed by atoms with E-state index in [0.29, 0.717) is 39.3 Å². The Hall–Kier alpha value is -4.25. The zero-order chi connectivity index (χ0) is 25.8. The average molecular weight is 480 g/mol. The number of hydrogen-bond acceptors (Lipinski definition) is 4. The average Bonchev–Trinajstić information content (AvgIpc) is 3.13. The summed E-state index contributed by atoms with van der Waals surface area (Å²) in [6, 6.07) is 22.6. The summed E-state index contributed by atoms with van der Waals surface area (Å²) in [5.74, 6) is 0.712. The molecule has 4 aromatic rings. The van der Waals surface area contributed by atoms with E-state index in [4.69, 9.17) is 4.74 Å². The molecule has 0 fully saturated rings. The lowest BCUT2D eigenvalue weighted by Gasteiger charge is -2.32. The molecule has 182 valence electrons. The van der Waals surface area contributed by atoms with Gasteiger partial charge < -0.3 is 14.9 Å². The van der Waals surface area contributed by atoms with Crippen LogP contribution in [0.5, 0.6) is 17.2 Å². The number of benzene rings is 4. The number of para-hydroxylation sites is 1. The van der Waals surface area contributed by atoms with Crippen molar-refractivity contribution in [3.8, 4) is 17.2 Å². The first-order valence-electron chi connectivity index (χ1n) is 11.9. The lowest BCUT2D eigenvalue weighted by molar-refractivity contribution is -0.120. The Morgan fingerprint density at radius 3 is 2.11 bits per heavy atom. The number of aryl methyl sites for hydroxylation is 4. The number of anilines is 2. The number of nitrogens with zero attached hydrogens (tertiary/aromatic N) is 1. The minimum absolute atomic E-state index is 0.0830. The van der Waals surface area contributed by atoms with Crippen molar-refractivity contribution < 1.29 is 19.7 Å². The summed E-state index contributed by atoms with van der Waals surface area (Å²) in [6.45, 7) is 7.46. The van der Waals surface area contributed by atoms with Crippen molar-refractivity contribution in [2.45, 2.75) is 33.1 Å². The molecule has 5 heteroatoms. The molecule has 0 aromatic heterocycles. The molecule has 0 saturated heterocycles. The molecule has 0 radical (unpaired) electrons. The van der Waals surface area contributed by atoms with Crippen LogP contribution in [0.2, 0.25) is 0 Å². The predicted molar refractivity (Wildman–Crippen MR) is 142 cm³/mol. The standard InChI is InChI=1S/C31H29NO4/c1-18-13-19(2)29(34)26(14-18)31(22-15-20(3)28(33)21(4)16-22)25-11-6-7-12-27(25)32(30(31)35)23-9-8-10-24(17-23)36-5/h6-17,33-34H,1-5H3. The number of phenols is 2. The molecule has 2 N–H and O–H groups in total. The molecule has 5 rings (SSSR count). The maximum Gasteiger partial charge on any atom is 0.251 e. The summed E-state index contributed by atoms with van der Waals surface area (Å²) in [6.07, 6.45) is 0. The first kappa shape index (κ1) is 23.5. The molecule has 0 aliphatic carbocycles. The molecule has 5 nitrogen and oxygen atoms in total. The molecule has 36 heavy (non-hydrogen) atoms. The number of carbonyl (C=O) groups is 1. The molecule has 1 atom stereocenters. The SMILES string of the molecule is COc1cccc(N2C(=O)C(c3cc(C)c(O)c(C)c3)(c3cc(C)cc(C)c3O)c3ccccc32)c1. The van der Waals surface area contributed by atoms with E-state index in [1.54, 1.807) is 12.0 Å². The molecule has 1 aliphatic heterocycles. The fourth-order valence-corrected chi connectivity index (χ4v) is 5.50. The van der Waals surface area contributed by atoms with Crippen LogP contribution in [0.1, 0.15) is 38.9 Å². The van der Waals surface area contributed by atoms with Gasteiger partial charge in [0.15, 0.2) is 0 Å². The van der Waals surface area contributed by atoms with Gasteiger partial charge in [-0.15, -0.1) is 0 Å². The monoisotopic (exact) mass is 479 g/mol. The molecule has 1 amide bonds. The van der Waals surface area contributed by atoms with Gasteiger partial charge in [-0.25, -0.2) is 0 Å². The molecule has 0 bridgehead atoms. The van der Waals surface area contributed by atoms with Crippen molar-refractivity contribution in [2.75, 3.05) is 12.0 Å². The van der Waals surface area contributed by atoms with E-state index in [9.17, 15) is 15.0 Å². The maximum absolute atomic E-state index is 14.9. The number of aromatic hydroxyl groups is 2. The van der Waals surface area contributed by atoms with E-state index in [1.165, 1.54) is 0 Å². The van der Waals surface area contributed by atoms with Gasteiger partial charge >= 0.3 is 0 Å². The van der Waals surface area contributed by atoms with E-state index < -0.39 is 5.41 Å². The fourth-order valence-electron chi connectivity index (χ4n) is 5.50. The molecular weight excluding hydrogens is 450 g/mol. The Labute approximate surface area is 211 Å². The predicted octanol–water partition coefficient (Wildman–Crippen LogP) is 6.35. The summed E-state index contributed by atoms with van der Waals surface area (Å²) in [5, 5.41) is 22.0. The second kappa shape index (κ2) is 8.45. The van der Waals surface area contributed by atoms with Gasteiger partial charge in [0.1, 0.15) is 22.7 Å². The van der Waals surface area contributed by atoms with Crippen LogP contribution in [0.15, 0.2) is 72.8 Å². The van der Waals surface area contributed by atoms with Crippen molar-refractivity contribution in [3.05, 3.63) is 112 Å². The zero-order valence-electron chi connectivity index (χ0n) is 21.1. The second-order valence-electron chi connectivity index (χ2n) is 9.55. The molecule has 0 saturated carbocycles. The van der Waals surface area contributed by atoms with Crippen molar-refractivity contribution in [2.24, 2.45) is 0 Å². The Bertz CT molecular complexity index is 1500. The van der Waals surface area contributed by atoms with Crippen LogP contribution >= 0.6 is 0 Å². The lowest BCUT2D eigenvalue weighted by atomic mass is 9.68. The highest BCUT2D eigenvalue weighted by atomic mass is 16.5. The van der Waals surface area contributed by atoms with Crippen molar-refractivity contribution >= 4 is 17.3 Å². The number of fused-ring (bicyclic) bond motifs is 1. The third kappa shape index (κ3) is 3.27. The van der Waals surface area contributed by atoms with E-state index in [2.05, 4.69) is 0 Å². The Morgan fingerprint density at radius 2 is 1.42 bits per heavy atom. The van der Waals surface area contributed by atoms with Crippen molar-refractivity contribution in [1.82, 2.24) is 0 Å². The highest BCUT2D eigenvalue weighted by Gasteiger charge is 2.55. The summed E-state index contributed by atoms with van der Waals surface area (Å²) < 4.78 is 5.45. The number of ether oxygens (including phenoxy) is 1.